The lowest BCUT2D eigenvalue weighted by molar-refractivity contribution is -0.134. The van der Waals surface area contributed by atoms with Crippen molar-refractivity contribution in [2.75, 3.05) is 33.7 Å². The smallest absolute Gasteiger partial charge is 0.239 e. The molecule has 1 amide bonds. The first-order valence-electron chi connectivity index (χ1n) is 10.2. The van der Waals surface area contributed by atoms with Crippen LogP contribution in [0.1, 0.15) is 30.4 Å². The summed E-state index contributed by atoms with van der Waals surface area (Å²) < 4.78 is 1.88. The lowest BCUT2D eigenvalue weighted by atomic mass is 9.77. The Hall–Kier alpha value is -1.60. The van der Waals surface area contributed by atoms with E-state index < -0.39 is 0 Å². The second-order valence-corrected chi connectivity index (χ2v) is 8.71. The molecular weight excluding hydrogens is 421 g/mol. The molecule has 0 bridgehead atoms. The maximum absolute atomic E-state index is 13.1. The fourth-order valence-electron chi connectivity index (χ4n) is 4.82. The van der Waals surface area contributed by atoms with Crippen molar-refractivity contribution in [2.45, 2.75) is 38.8 Å². The highest BCUT2D eigenvalue weighted by Gasteiger charge is 2.46. The van der Waals surface area contributed by atoms with Crippen molar-refractivity contribution in [1.82, 2.24) is 24.9 Å². The second kappa shape index (κ2) is 10.1. The number of benzene rings is 1. The molecule has 3 heterocycles. The van der Waals surface area contributed by atoms with Crippen LogP contribution in [0.2, 0.25) is 0 Å². The number of aromatic nitrogens is 2. The molecule has 2 aliphatic heterocycles. The summed E-state index contributed by atoms with van der Waals surface area (Å²) in [5.41, 5.74) is 3.62. The number of hydrogen-bond donors (Lipinski definition) is 1. The second-order valence-electron chi connectivity index (χ2n) is 8.71. The summed E-state index contributed by atoms with van der Waals surface area (Å²) in [6.07, 6.45) is 7.21. The summed E-state index contributed by atoms with van der Waals surface area (Å²) in [5, 5.41) is 7.93. The fourth-order valence-corrected chi connectivity index (χ4v) is 4.82. The number of carbonyl (C=O) groups excluding carboxylic acids is 1. The van der Waals surface area contributed by atoms with E-state index in [0.717, 1.165) is 37.3 Å². The van der Waals surface area contributed by atoms with Crippen molar-refractivity contribution in [2.24, 2.45) is 5.41 Å². The van der Waals surface area contributed by atoms with Crippen LogP contribution in [-0.2, 0) is 11.3 Å². The van der Waals surface area contributed by atoms with Crippen molar-refractivity contribution < 1.29 is 4.79 Å². The number of hydrogen-bond acceptors (Lipinski definition) is 4. The van der Waals surface area contributed by atoms with Gasteiger partial charge in [-0.2, -0.15) is 5.10 Å². The average molecular weight is 454 g/mol. The zero-order valence-electron chi connectivity index (χ0n) is 18.0. The zero-order valence-corrected chi connectivity index (χ0v) is 19.6. The Kier molecular flexibility index (Phi) is 8.34. The van der Waals surface area contributed by atoms with Crippen molar-refractivity contribution >= 4 is 30.7 Å². The van der Waals surface area contributed by atoms with Crippen LogP contribution < -0.4 is 5.32 Å². The quantitative estimate of drug-likeness (QED) is 0.772. The lowest BCUT2D eigenvalue weighted by Gasteiger charge is -2.33. The van der Waals surface area contributed by atoms with Gasteiger partial charge in [0.2, 0.25) is 5.91 Å². The van der Waals surface area contributed by atoms with Crippen LogP contribution in [0.15, 0.2) is 36.7 Å². The Morgan fingerprint density at radius 2 is 2.03 bits per heavy atom. The topological polar surface area (TPSA) is 53.4 Å². The monoisotopic (exact) mass is 453 g/mol. The fraction of sp³-hybridized carbons (Fsp3) is 0.545. The standard InChI is InChI=1S/C22H31N5O.2ClH/c1-17-5-4-6-19(11-17)27-15-18(13-24-27)14-25(2)21(28)20-12-22(16-26(20)3)7-9-23-10-8-22;;/h4-6,11,13,15,20,23H,7-10,12,14,16H2,1-3H3;2*1H. The third-order valence-corrected chi connectivity index (χ3v) is 6.39. The van der Waals surface area contributed by atoms with Crippen LogP contribution in [0.3, 0.4) is 0 Å². The number of rotatable bonds is 4. The van der Waals surface area contributed by atoms with Crippen LogP contribution in [-0.4, -0.2) is 65.3 Å². The molecule has 2 aromatic rings. The number of carbonyl (C=O) groups is 1. The number of nitrogens with zero attached hydrogens (tertiary/aromatic N) is 4. The molecular formula is C22H33Cl2N5O. The van der Waals surface area contributed by atoms with Crippen LogP contribution in [0, 0.1) is 12.3 Å². The molecule has 4 rings (SSSR count). The summed E-state index contributed by atoms with van der Waals surface area (Å²) in [6.45, 7) is 5.84. The lowest BCUT2D eigenvalue weighted by Crippen LogP contribution is -2.42. The summed E-state index contributed by atoms with van der Waals surface area (Å²) in [7, 11) is 4.01. The van der Waals surface area contributed by atoms with Gasteiger partial charge in [-0.15, -0.1) is 24.8 Å². The average Bonchev–Trinajstić information content (AvgIpc) is 3.26. The number of nitrogens with one attached hydrogen (secondary N) is 1. The number of likely N-dealkylation sites (N-methyl/N-ethyl adjacent to an activating group) is 2. The van der Waals surface area contributed by atoms with Crippen LogP contribution >= 0.6 is 24.8 Å². The molecule has 8 heteroatoms. The van der Waals surface area contributed by atoms with Crippen LogP contribution in [0.4, 0.5) is 0 Å². The van der Waals surface area contributed by atoms with E-state index in [1.165, 1.54) is 18.4 Å². The minimum absolute atomic E-state index is 0. The molecule has 2 fully saturated rings. The molecule has 1 aromatic heterocycles. The third kappa shape index (κ3) is 5.17. The first-order valence-corrected chi connectivity index (χ1v) is 10.2. The largest absolute Gasteiger partial charge is 0.340 e. The predicted molar refractivity (Wildman–Crippen MR) is 125 cm³/mol. The first-order chi connectivity index (χ1) is 13.5. The molecule has 0 radical (unpaired) electrons. The zero-order chi connectivity index (χ0) is 19.7. The van der Waals surface area contributed by atoms with E-state index in [4.69, 9.17) is 0 Å². The number of halogens is 2. The Labute approximate surface area is 191 Å². The van der Waals surface area contributed by atoms with Crippen LogP contribution in [0.5, 0.6) is 0 Å². The van der Waals surface area contributed by atoms with Gasteiger partial charge in [-0.1, -0.05) is 12.1 Å². The highest BCUT2D eigenvalue weighted by atomic mass is 35.5. The number of piperidine rings is 1. The molecule has 2 aliphatic rings. The maximum Gasteiger partial charge on any atom is 0.239 e. The molecule has 1 N–H and O–H groups in total. The molecule has 0 aliphatic carbocycles. The van der Waals surface area contributed by atoms with E-state index >= 15 is 0 Å². The normalized spacial score (nSPS) is 20.4. The van der Waals surface area contributed by atoms with E-state index in [-0.39, 0.29) is 36.8 Å². The van der Waals surface area contributed by atoms with Gasteiger partial charge in [-0.3, -0.25) is 9.69 Å². The molecule has 1 spiro atoms. The number of likely N-dealkylation sites (tertiary alicyclic amines) is 1. The Morgan fingerprint density at radius 3 is 2.73 bits per heavy atom. The van der Waals surface area contributed by atoms with Crippen molar-refractivity contribution in [3.63, 3.8) is 0 Å². The van der Waals surface area contributed by atoms with E-state index in [1.54, 1.807) is 0 Å². The van der Waals surface area contributed by atoms with Gasteiger partial charge in [0.25, 0.3) is 0 Å². The van der Waals surface area contributed by atoms with Gasteiger partial charge in [0.1, 0.15) is 0 Å². The molecule has 1 unspecified atom stereocenters. The predicted octanol–water partition coefficient (Wildman–Crippen LogP) is 3.06. The Bertz CT molecular complexity index is 850. The van der Waals surface area contributed by atoms with Gasteiger partial charge < -0.3 is 10.2 Å². The first kappa shape index (κ1) is 24.7. The highest BCUT2D eigenvalue weighted by Crippen LogP contribution is 2.41. The van der Waals surface area contributed by atoms with Gasteiger partial charge in [0, 0.05) is 31.9 Å². The van der Waals surface area contributed by atoms with Crippen molar-refractivity contribution in [1.29, 1.82) is 0 Å². The minimum Gasteiger partial charge on any atom is -0.340 e. The van der Waals surface area contributed by atoms with E-state index in [1.807, 2.05) is 41.2 Å². The van der Waals surface area contributed by atoms with Gasteiger partial charge in [0.05, 0.1) is 17.9 Å². The Balaban J connectivity index is 0.00000160. The van der Waals surface area contributed by atoms with Crippen LogP contribution in [0.25, 0.3) is 5.69 Å². The van der Waals surface area contributed by atoms with E-state index in [9.17, 15) is 4.79 Å². The minimum atomic E-state index is -0.00471. The molecule has 166 valence electrons. The van der Waals surface area contributed by atoms with Crippen molar-refractivity contribution in [3.8, 4) is 5.69 Å². The summed E-state index contributed by atoms with van der Waals surface area (Å²) in [4.78, 5) is 17.3. The SMILES string of the molecule is Cc1cccc(-n2cc(CN(C)C(=O)C3CC4(CCNCC4)CN3C)cn2)c1.Cl.Cl. The Morgan fingerprint density at radius 1 is 1.30 bits per heavy atom. The molecule has 0 saturated carbocycles. The van der Waals surface area contributed by atoms with Gasteiger partial charge in [-0.05, 0) is 69.4 Å². The summed E-state index contributed by atoms with van der Waals surface area (Å²) in [6, 6.07) is 8.26. The van der Waals surface area contributed by atoms with Crippen molar-refractivity contribution in [3.05, 3.63) is 47.8 Å². The summed E-state index contributed by atoms with van der Waals surface area (Å²) >= 11 is 0. The van der Waals surface area contributed by atoms with E-state index in [2.05, 4.69) is 41.4 Å². The molecule has 1 aromatic carbocycles. The van der Waals surface area contributed by atoms with E-state index in [0.29, 0.717) is 12.0 Å². The highest BCUT2D eigenvalue weighted by molar-refractivity contribution is 5.85. The molecule has 1 atom stereocenters. The number of amides is 1. The summed E-state index contributed by atoms with van der Waals surface area (Å²) in [5.74, 6) is 0.223. The third-order valence-electron chi connectivity index (χ3n) is 6.39. The molecule has 30 heavy (non-hydrogen) atoms. The maximum atomic E-state index is 13.1. The molecule has 6 nitrogen and oxygen atoms in total. The van der Waals surface area contributed by atoms with Gasteiger partial charge >= 0.3 is 0 Å². The number of aryl methyl sites for hydroxylation is 1. The van der Waals surface area contributed by atoms with Gasteiger partial charge in [0.15, 0.2) is 0 Å². The molecule has 2 saturated heterocycles. The van der Waals surface area contributed by atoms with Gasteiger partial charge in [-0.25, -0.2) is 4.68 Å².